The predicted molar refractivity (Wildman–Crippen MR) is 95.1 cm³/mol. The molecular weight excluding hydrogens is 312 g/mol. The second kappa shape index (κ2) is 6.31. The van der Waals surface area contributed by atoms with Crippen molar-refractivity contribution in [2.75, 3.05) is 0 Å². The molecule has 0 spiro atoms. The Kier molecular flexibility index (Phi) is 4.26. The standard InChI is InChI=1S/C22H28O3/c1-14(23)25-12-10-16-4-8-21-20-6-3-15-13-17(24)5-7-18(15)19(20)9-11-22(16,21)2/h13,16,18-21H,3-9,11H2,1-2H3/t16-,18-,19+,20+,21-,22+/m0/s1. The van der Waals surface area contributed by atoms with E-state index in [-0.39, 0.29) is 11.4 Å². The molecule has 3 saturated carbocycles. The van der Waals surface area contributed by atoms with Gasteiger partial charge >= 0.3 is 5.97 Å². The highest BCUT2D eigenvalue weighted by atomic mass is 16.5. The van der Waals surface area contributed by atoms with Gasteiger partial charge in [0, 0.05) is 19.3 Å². The maximum Gasteiger partial charge on any atom is 0.316 e. The van der Waals surface area contributed by atoms with E-state index in [2.05, 4.69) is 19.0 Å². The van der Waals surface area contributed by atoms with Crippen LogP contribution in [0.1, 0.15) is 65.2 Å². The monoisotopic (exact) mass is 340 g/mol. The first-order valence-electron chi connectivity index (χ1n) is 9.90. The average Bonchev–Trinajstić information content (AvgIpc) is 2.91. The van der Waals surface area contributed by atoms with Crippen molar-refractivity contribution in [3.8, 4) is 12.0 Å². The largest absolute Gasteiger partial charge is 0.372 e. The molecule has 0 aromatic carbocycles. The molecule has 0 amide bonds. The van der Waals surface area contributed by atoms with Crippen LogP contribution in [0.4, 0.5) is 0 Å². The van der Waals surface area contributed by atoms with Crippen molar-refractivity contribution < 1.29 is 14.3 Å². The Morgan fingerprint density at radius 1 is 1.16 bits per heavy atom. The van der Waals surface area contributed by atoms with Crippen molar-refractivity contribution in [3.05, 3.63) is 11.6 Å². The Labute approximate surface area is 150 Å². The lowest BCUT2D eigenvalue weighted by atomic mass is 9.51. The maximum atomic E-state index is 11.8. The Balaban J connectivity index is 1.54. The van der Waals surface area contributed by atoms with Crippen LogP contribution in [0.15, 0.2) is 11.6 Å². The fourth-order valence-electron chi connectivity index (χ4n) is 6.59. The van der Waals surface area contributed by atoms with Crippen LogP contribution < -0.4 is 0 Å². The van der Waals surface area contributed by atoms with E-state index in [1.165, 1.54) is 38.2 Å². The van der Waals surface area contributed by atoms with Crippen LogP contribution in [0.3, 0.4) is 0 Å². The van der Waals surface area contributed by atoms with E-state index < -0.39 is 0 Å². The van der Waals surface area contributed by atoms with E-state index in [9.17, 15) is 9.59 Å². The molecule has 3 fully saturated rings. The first-order chi connectivity index (χ1) is 12.0. The smallest absolute Gasteiger partial charge is 0.316 e. The normalized spacial score (nSPS) is 42.2. The molecule has 0 unspecified atom stereocenters. The number of hydrogen-bond donors (Lipinski definition) is 0. The number of esters is 1. The SMILES string of the molecule is CC(=O)OC#C[C@@H]1CC[C@H]2[C@@H]3CCC4=CC(=O)CC[C@@H]4[C@H]3CC[C@]12C. The number of allylic oxidation sites excluding steroid dienone is 1. The van der Waals surface area contributed by atoms with Crippen LogP contribution in [-0.2, 0) is 14.3 Å². The quantitative estimate of drug-likeness (QED) is 0.488. The molecule has 0 aliphatic heterocycles. The van der Waals surface area contributed by atoms with E-state index in [0.717, 1.165) is 43.4 Å². The number of fused-ring (bicyclic) bond motifs is 5. The Hall–Kier alpha value is -1.56. The summed E-state index contributed by atoms with van der Waals surface area (Å²) in [5.74, 6) is 6.58. The summed E-state index contributed by atoms with van der Waals surface area (Å²) in [7, 11) is 0. The molecule has 134 valence electrons. The Morgan fingerprint density at radius 3 is 2.80 bits per heavy atom. The molecule has 0 aromatic heterocycles. The number of hydrogen-bond acceptors (Lipinski definition) is 3. The summed E-state index contributed by atoms with van der Waals surface area (Å²) in [4.78, 5) is 22.7. The van der Waals surface area contributed by atoms with Crippen LogP contribution in [0, 0.1) is 47.0 Å². The van der Waals surface area contributed by atoms with Gasteiger partial charge in [-0.25, -0.2) is 0 Å². The van der Waals surface area contributed by atoms with Gasteiger partial charge in [0.15, 0.2) is 5.78 Å². The van der Waals surface area contributed by atoms with Crippen LogP contribution in [0.25, 0.3) is 0 Å². The molecule has 6 atom stereocenters. The highest BCUT2D eigenvalue weighted by Gasteiger charge is 2.55. The number of ether oxygens (including phenoxy) is 1. The topological polar surface area (TPSA) is 43.4 Å². The third-order valence-corrected chi connectivity index (χ3v) is 7.73. The van der Waals surface area contributed by atoms with E-state index in [1.54, 1.807) is 0 Å². The maximum absolute atomic E-state index is 11.8. The molecule has 3 nitrogen and oxygen atoms in total. The lowest BCUT2D eigenvalue weighted by molar-refractivity contribution is -0.134. The number of carbonyl (C=O) groups excluding carboxylic acids is 2. The van der Waals surface area contributed by atoms with Crippen molar-refractivity contribution in [3.63, 3.8) is 0 Å². The number of ketones is 1. The van der Waals surface area contributed by atoms with Gasteiger partial charge < -0.3 is 4.74 Å². The minimum atomic E-state index is -0.325. The second-order valence-corrected chi connectivity index (χ2v) is 8.82. The zero-order chi connectivity index (χ0) is 17.6. The molecule has 0 heterocycles. The first-order valence-corrected chi connectivity index (χ1v) is 9.90. The van der Waals surface area contributed by atoms with Crippen LogP contribution in [-0.4, -0.2) is 11.8 Å². The van der Waals surface area contributed by atoms with Crippen molar-refractivity contribution in [1.82, 2.24) is 0 Å². The molecule has 3 heteroatoms. The molecule has 4 rings (SSSR count). The molecule has 25 heavy (non-hydrogen) atoms. The van der Waals surface area contributed by atoms with E-state index in [0.29, 0.717) is 17.6 Å². The van der Waals surface area contributed by atoms with Crippen molar-refractivity contribution >= 4 is 11.8 Å². The molecule has 0 saturated heterocycles. The fourth-order valence-corrected chi connectivity index (χ4v) is 6.59. The molecular formula is C22H28O3. The predicted octanol–water partition coefficient (Wildman–Crippen LogP) is 4.27. The molecule has 0 N–H and O–H groups in total. The summed E-state index contributed by atoms with van der Waals surface area (Å²) < 4.78 is 4.88. The van der Waals surface area contributed by atoms with Gasteiger partial charge in [-0.1, -0.05) is 18.4 Å². The van der Waals surface area contributed by atoms with Gasteiger partial charge in [0.2, 0.25) is 0 Å². The van der Waals surface area contributed by atoms with Gasteiger partial charge in [-0.05, 0) is 80.1 Å². The van der Waals surface area contributed by atoms with Crippen molar-refractivity contribution in [1.29, 1.82) is 0 Å². The first kappa shape index (κ1) is 16.9. The van der Waals surface area contributed by atoms with Gasteiger partial charge in [0.1, 0.15) is 6.11 Å². The second-order valence-electron chi connectivity index (χ2n) is 8.82. The van der Waals surface area contributed by atoms with Crippen molar-refractivity contribution in [2.24, 2.45) is 35.0 Å². The van der Waals surface area contributed by atoms with Crippen LogP contribution in [0.2, 0.25) is 0 Å². The summed E-state index contributed by atoms with van der Waals surface area (Å²) in [5, 5.41) is 0. The zero-order valence-electron chi connectivity index (χ0n) is 15.3. The molecule has 4 aliphatic carbocycles. The summed E-state index contributed by atoms with van der Waals surface area (Å²) in [6, 6.07) is 0. The van der Waals surface area contributed by atoms with E-state index in [4.69, 9.17) is 4.74 Å². The van der Waals surface area contributed by atoms with Gasteiger partial charge in [0.05, 0.1) is 0 Å². The summed E-state index contributed by atoms with van der Waals surface area (Å²) in [6.07, 6.45) is 13.7. The molecule has 0 radical (unpaired) electrons. The molecule has 0 aromatic rings. The highest BCUT2D eigenvalue weighted by molar-refractivity contribution is 5.91. The van der Waals surface area contributed by atoms with Gasteiger partial charge in [-0.15, -0.1) is 0 Å². The Morgan fingerprint density at radius 2 is 2.00 bits per heavy atom. The van der Waals surface area contributed by atoms with E-state index >= 15 is 0 Å². The van der Waals surface area contributed by atoms with Crippen molar-refractivity contribution in [2.45, 2.75) is 65.2 Å². The Bertz CT molecular complexity index is 679. The van der Waals surface area contributed by atoms with Gasteiger partial charge in [-0.3, -0.25) is 9.59 Å². The summed E-state index contributed by atoms with van der Waals surface area (Å²) in [5.41, 5.74) is 1.71. The number of carbonyl (C=O) groups is 2. The minimum Gasteiger partial charge on any atom is -0.372 e. The third kappa shape index (κ3) is 2.84. The van der Waals surface area contributed by atoms with E-state index in [1.807, 2.05) is 6.08 Å². The highest BCUT2D eigenvalue weighted by Crippen LogP contribution is 2.63. The molecule has 4 aliphatic rings. The lowest BCUT2D eigenvalue weighted by Gasteiger charge is -2.53. The zero-order valence-corrected chi connectivity index (χ0v) is 15.3. The number of rotatable bonds is 0. The third-order valence-electron chi connectivity index (χ3n) is 7.73. The molecule has 0 bridgehead atoms. The average molecular weight is 340 g/mol. The van der Waals surface area contributed by atoms with Crippen LogP contribution >= 0.6 is 0 Å². The van der Waals surface area contributed by atoms with Crippen LogP contribution in [0.5, 0.6) is 0 Å². The summed E-state index contributed by atoms with van der Waals surface area (Å²) >= 11 is 0. The fraction of sp³-hybridized carbons (Fsp3) is 0.727. The van der Waals surface area contributed by atoms with Gasteiger partial charge in [-0.2, -0.15) is 0 Å². The van der Waals surface area contributed by atoms with Gasteiger partial charge in [0.25, 0.3) is 0 Å². The lowest BCUT2D eigenvalue weighted by Crippen LogP contribution is -2.46. The summed E-state index contributed by atoms with van der Waals surface area (Å²) in [6.45, 7) is 3.82. The minimum absolute atomic E-state index is 0.264.